The van der Waals surface area contributed by atoms with Gasteiger partial charge in [0.2, 0.25) is 11.8 Å². The van der Waals surface area contributed by atoms with Crippen LogP contribution in [0.5, 0.6) is 0 Å². The molecule has 1 saturated heterocycles. The van der Waals surface area contributed by atoms with Gasteiger partial charge in [0.15, 0.2) is 0 Å². The van der Waals surface area contributed by atoms with Crippen LogP contribution < -0.4 is 4.90 Å². The smallest absolute Gasteiger partial charge is 0.238 e. The molecule has 1 heterocycles. The van der Waals surface area contributed by atoms with Crippen molar-refractivity contribution in [1.29, 1.82) is 0 Å². The van der Waals surface area contributed by atoms with Gasteiger partial charge in [-0.05, 0) is 29.3 Å². The summed E-state index contributed by atoms with van der Waals surface area (Å²) in [5, 5.41) is 0.683. The van der Waals surface area contributed by atoms with Gasteiger partial charge in [-0.25, -0.2) is 4.90 Å². The number of hydrogen-bond donors (Lipinski definition) is 0. The predicted octanol–water partition coefficient (Wildman–Crippen LogP) is 4.57. The third kappa shape index (κ3) is 1.98. The number of allylic oxidation sites excluding steroid dienone is 2. The van der Waals surface area contributed by atoms with Crippen LogP contribution in [0.15, 0.2) is 64.1 Å². The van der Waals surface area contributed by atoms with Crippen LogP contribution in [-0.2, 0) is 9.59 Å². The van der Waals surface area contributed by atoms with Crippen LogP contribution in [0.1, 0.15) is 23.0 Å². The number of benzene rings is 2. The van der Waals surface area contributed by atoms with Gasteiger partial charge < -0.3 is 0 Å². The SMILES string of the molecule is O=C1[C@H]2[C@H](C(=O)N1c1cccc(Br)c1)[C@H]1C=C(Cl)[C@@H]2c2ccccc21. The largest absolute Gasteiger partial charge is 0.274 e. The molecule has 1 fully saturated rings. The highest BCUT2D eigenvalue weighted by Crippen LogP contribution is 2.59. The Bertz CT molecular complexity index is 970. The molecule has 0 spiro atoms. The monoisotopic (exact) mass is 413 g/mol. The number of carbonyl (C=O) groups excluding carboxylic acids is 2. The number of halogens is 2. The molecule has 2 aromatic carbocycles. The van der Waals surface area contributed by atoms with Crippen LogP contribution in [0.4, 0.5) is 5.69 Å². The quantitative estimate of drug-likeness (QED) is 0.641. The molecule has 4 atom stereocenters. The summed E-state index contributed by atoms with van der Waals surface area (Å²) < 4.78 is 0.836. The number of hydrogen-bond acceptors (Lipinski definition) is 2. The van der Waals surface area contributed by atoms with Crippen molar-refractivity contribution in [2.75, 3.05) is 4.90 Å². The molecule has 4 aliphatic rings. The second kappa shape index (κ2) is 5.29. The second-order valence-electron chi connectivity index (χ2n) is 6.73. The Morgan fingerprint density at radius 2 is 1.64 bits per heavy atom. The highest BCUT2D eigenvalue weighted by atomic mass is 79.9. The Morgan fingerprint density at radius 3 is 2.40 bits per heavy atom. The highest BCUT2D eigenvalue weighted by molar-refractivity contribution is 9.10. The second-order valence-corrected chi connectivity index (χ2v) is 8.08. The van der Waals surface area contributed by atoms with Gasteiger partial charge in [-0.1, -0.05) is 63.9 Å². The minimum Gasteiger partial charge on any atom is -0.274 e. The number of carbonyl (C=O) groups is 2. The fourth-order valence-electron chi connectivity index (χ4n) is 4.58. The molecule has 0 saturated carbocycles. The third-order valence-corrected chi connectivity index (χ3v) is 6.39. The van der Waals surface area contributed by atoms with Crippen molar-refractivity contribution in [2.45, 2.75) is 11.8 Å². The Labute approximate surface area is 158 Å². The molecule has 25 heavy (non-hydrogen) atoms. The Hall–Kier alpha value is -1.91. The molecule has 0 aromatic heterocycles. The zero-order chi connectivity index (χ0) is 17.3. The van der Waals surface area contributed by atoms with Gasteiger partial charge in [-0.15, -0.1) is 0 Å². The lowest BCUT2D eigenvalue weighted by Gasteiger charge is -2.42. The predicted molar refractivity (Wildman–Crippen MR) is 99.5 cm³/mol. The van der Waals surface area contributed by atoms with Gasteiger partial charge in [-0.2, -0.15) is 0 Å². The van der Waals surface area contributed by atoms with Crippen molar-refractivity contribution in [3.63, 3.8) is 0 Å². The average molecular weight is 415 g/mol. The summed E-state index contributed by atoms with van der Waals surface area (Å²) in [5.41, 5.74) is 2.81. The standard InChI is InChI=1S/C20H13BrClNO2/c21-10-4-3-5-11(8-10)23-19(24)17-14-9-15(22)16(18(17)20(23)25)13-7-2-1-6-12(13)14/h1-9,14,16-18H/t14-,16-,17+,18+/m0/s1. The first-order valence-electron chi connectivity index (χ1n) is 8.17. The van der Waals surface area contributed by atoms with Crippen LogP contribution in [0.25, 0.3) is 0 Å². The molecule has 0 radical (unpaired) electrons. The first-order valence-corrected chi connectivity index (χ1v) is 9.34. The molecule has 5 heteroatoms. The fraction of sp³-hybridized carbons (Fsp3) is 0.200. The van der Waals surface area contributed by atoms with E-state index >= 15 is 0 Å². The van der Waals surface area contributed by atoms with Crippen LogP contribution in [0, 0.1) is 11.8 Å². The molecule has 2 amide bonds. The van der Waals surface area contributed by atoms with E-state index in [4.69, 9.17) is 11.6 Å². The number of nitrogens with zero attached hydrogens (tertiary/aromatic N) is 1. The Balaban J connectivity index is 1.66. The Morgan fingerprint density at radius 1 is 0.920 bits per heavy atom. The maximum absolute atomic E-state index is 13.2. The molecule has 6 rings (SSSR count). The van der Waals surface area contributed by atoms with E-state index in [0.29, 0.717) is 10.7 Å². The summed E-state index contributed by atoms with van der Waals surface area (Å²) in [4.78, 5) is 27.7. The molecule has 0 N–H and O–H groups in total. The molecular weight excluding hydrogens is 402 g/mol. The molecule has 3 nitrogen and oxygen atoms in total. The van der Waals surface area contributed by atoms with Crippen molar-refractivity contribution >= 4 is 45.0 Å². The van der Waals surface area contributed by atoms with Gasteiger partial charge in [0.05, 0.1) is 17.5 Å². The summed E-state index contributed by atoms with van der Waals surface area (Å²) in [6.45, 7) is 0. The maximum Gasteiger partial charge on any atom is 0.238 e. The van der Waals surface area contributed by atoms with Gasteiger partial charge in [-0.3, -0.25) is 9.59 Å². The summed E-state index contributed by atoms with van der Waals surface area (Å²) in [6.07, 6.45) is 1.96. The van der Waals surface area contributed by atoms with E-state index in [0.717, 1.165) is 15.6 Å². The number of anilines is 1. The number of amides is 2. The number of imide groups is 1. The molecule has 0 unspecified atom stereocenters. The van der Waals surface area contributed by atoms with Crippen molar-refractivity contribution in [3.05, 3.63) is 75.2 Å². The summed E-state index contributed by atoms with van der Waals surface area (Å²) in [7, 11) is 0. The van der Waals surface area contributed by atoms with E-state index in [9.17, 15) is 9.59 Å². The molecule has 2 bridgehead atoms. The van der Waals surface area contributed by atoms with Gasteiger partial charge in [0, 0.05) is 21.3 Å². The third-order valence-electron chi connectivity index (χ3n) is 5.54. The van der Waals surface area contributed by atoms with Crippen molar-refractivity contribution in [3.8, 4) is 0 Å². The van der Waals surface area contributed by atoms with E-state index in [2.05, 4.69) is 15.9 Å². The molecule has 2 aromatic rings. The van der Waals surface area contributed by atoms with E-state index in [1.807, 2.05) is 42.5 Å². The van der Waals surface area contributed by atoms with Crippen LogP contribution in [0.2, 0.25) is 0 Å². The van der Waals surface area contributed by atoms with Crippen molar-refractivity contribution in [1.82, 2.24) is 0 Å². The Kier molecular flexibility index (Phi) is 3.25. The molecule has 124 valence electrons. The molecule has 3 aliphatic carbocycles. The fourth-order valence-corrected chi connectivity index (χ4v) is 5.36. The first kappa shape index (κ1) is 15.4. The van der Waals surface area contributed by atoms with Crippen LogP contribution in [0.3, 0.4) is 0 Å². The average Bonchev–Trinajstić information content (AvgIpc) is 2.87. The maximum atomic E-state index is 13.2. The highest BCUT2D eigenvalue weighted by Gasteiger charge is 2.60. The summed E-state index contributed by atoms with van der Waals surface area (Å²) in [5.74, 6) is -1.41. The van der Waals surface area contributed by atoms with Gasteiger partial charge in [0.1, 0.15) is 0 Å². The van der Waals surface area contributed by atoms with E-state index in [-0.39, 0.29) is 29.6 Å². The van der Waals surface area contributed by atoms with E-state index < -0.39 is 5.92 Å². The van der Waals surface area contributed by atoms with E-state index in [1.54, 1.807) is 12.1 Å². The normalized spacial score (nSPS) is 29.5. The summed E-state index contributed by atoms with van der Waals surface area (Å²) in [6, 6.07) is 15.3. The van der Waals surface area contributed by atoms with Gasteiger partial charge >= 0.3 is 0 Å². The lowest BCUT2D eigenvalue weighted by Crippen LogP contribution is -2.38. The molecule has 1 aliphatic heterocycles. The zero-order valence-corrected chi connectivity index (χ0v) is 15.4. The zero-order valence-electron chi connectivity index (χ0n) is 13.0. The lowest BCUT2D eigenvalue weighted by atomic mass is 9.60. The molecular formula is C20H13BrClNO2. The van der Waals surface area contributed by atoms with Crippen molar-refractivity contribution in [2.24, 2.45) is 11.8 Å². The van der Waals surface area contributed by atoms with E-state index in [1.165, 1.54) is 4.90 Å². The number of rotatable bonds is 1. The minimum absolute atomic E-state index is 0.127. The lowest BCUT2D eigenvalue weighted by molar-refractivity contribution is -0.122. The summed E-state index contributed by atoms with van der Waals surface area (Å²) >= 11 is 9.93. The van der Waals surface area contributed by atoms with Crippen LogP contribution >= 0.6 is 27.5 Å². The first-order chi connectivity index (χ1) is 12.1. The van der Waals surface area contributed by atoms with Crippen LogP contribution in [-0.4, -0.2) is 11.8 Å². The minimum atomic E-state index is -0.413. The topological polar surface area (TPSA) is 37.4 Å². The van der Waals surface area contributed by atoms with Crippen molar-refractivity contribution < 1.29 is 9.59 Å². The van der Waals surface area contributed by atoms with Gasteiger partial charge in [0.25, 0.3) is 0 Å².